The van der Waals surface area contributed by atoms with Crippen LogP contribution in [0.1, 0.15) is 26.7 Å². The lowest BCUT2D eigenvalue weighted by molar-refractivity contribution is -0.116. The van der Waals surface area contributed by atoms with Crippen LogP contribution in [0.2, 0.25) is 5.15 Å². The van der Waals surface area contributed by atoms with Crippen LogP contribution in [0, 0.1) is 0 Å². The number of fused-ring (bicyclic) bond motifs is 1. The van der Waals surface area contributed by atoms with Gasteiger partial charge in [-0.2, -0.15) is 9.97 Å². The second-order valence-corrected chi connectivity index (χ2v) is 5.33. The lowest BCUT2D eigenvalue weighted by Gasteiger charge is -2.17. The van der Waals surface area contributed by atoms with E-state index in [0.29, 0.717) is 24.0 Å². The SMILES string of the molecule is CC(C)(N)CCC(=O)Nc1nc(Cl)c2[nH]cnc2n1. The van der Waals surface area contributed by atoms with Crippen LogP contribution >= 0.6 is 11.6 Å². The van der Waals surface area contributed by atoms with Crippen molar-refractivity contribution >= 4 is 34.6 Å². The van der Waals surface area contributed by atoms with Crippen molar-refractivity contribution in [2.45, 2.75) is 32.2 Å². The molecule has 0 radical (unpaired) electrons. The van der Waals surface area contributed by atoms with Crippen LogP contribution in [0.15, 0.2) is 6.33 Å². The number of rotatable bonds is 4. The van der Waals surface area contributed by atoms with Gasteiger partial charge in [0.25, 0.3) is 0 Å². The van der Waals surface area contributed by atoms with Crippen molar-refractivity contribution in [3.63, 3.8) is 0 Å². The average Bonchev–Trinajstić information content (AvgIpc) is 2.74. The van der Waals surface area contributed by atoms with Crippen molar-refractivity contribution in [2.75, 3.05) is 5.32 Å². The molecule has 0 spiro atoms. The van der Waals surface area contributed by atoms with Crippen molar-refractivity contribution < 1.29 is 4.79 Å². The fourth-order valence-corrected chi connectivity index (χ4v) is 1.70. The fourth-order valence-electron chi connectivity index (χ4n) is 1.48. The van der Waals surface area contributed by atoms with Gasteiger partial charge < -0.3 is 10.7 Å². The van der Waals surface area contributed by atoms with Gasteiger partial charge in [0, 0.05) is 12.0 Å². The summed E-state index contributed by atoms with van der Waals surface area (Å²) in [4.78, 5) is 26.6. The second kappa shape index (κ2) is 5.10. The van der Waals surface area contributed by atoms with Crippen LogP contribution in [0.3, 0.4) is 0 Å². The van der Waals surface area contributed by atoms with Gasteiger partial charge in [-0.15, -0.1) is 0 Å². The molecule has 0 aliphatic rings. The maximum Gasteiger partial charge on any atom is 0.233 e. The molecule has 0 aliphatic carbocycles. The standard InChI is InChI=1S/C11H15ClN6O/c1-11(2,13)4-3-6(19)16-10-17-8(12)7-9(18-10)15-5-14-7/h5H,3-4,13H2,1-2H3,(H2,14,15,16,17,18,19). The highest BCUT2D eigenvalue weighted by molar-refractivity contribution is 6.33. The first-order valence-electron chi connectivity index (χ1n) is 5.80. The summed E-state index contributed by atoms with van der Waals surface area (Å²) in [6, 6.07) is 0. The highest BCUT2D eigenvalue weighted by Crippen LogP contribution is 2.18. The zero-order valence-electron chi connectivity index (χ0n) is 10.7. The number of halogens is 1. The third-order valence-corrected chi connectivity index (χ3v) is 2.76. The topological polar surface area (TPSA) is 110 Å². The van der Waals surface area contributed by atoms with Crippen molar-refractivity contribution in [1.82, 2.24) is 19.9 Å². The Labute approximate surface area is 115 Å². The number of anilines is 1. The third-order valence-electron chi connectivity index (χ3n) is 2.49. The molecule has 7 nitrogen and oxygen atoms in total. The van der Waals surface area contributed by atoms with E-state index in [0.717, 1.165) is 0 Å². The maximum atomic E-state index is 11.7. The first-order valence-corrected chi connectivity index (χ1v) is 6.18. The zero-order chi connectivity index (χ0) is 14.0. The largest absolute Gasteiger partial charge is 0.341 e. The molecule has 0 saturated carbocycles. The first-order chi connectivity index (χ1) is 8.85. The van der Waals surface area contributed by atoms with Crippen LogP contribution in [-0.4, -0.2) is 31.4 Å². The number of aromatic nitrogens is 4. The lowest BCUT2D eigenvalue weighted by atomic mass is 10.00. The van der Waals surface area contributed by atoms with Gasteiger partial charge in [0.2, 0.25) is 11.9 Å². The van der Waals surface area contributed by atoms with E-state index < -0.39 is 0 Å². The first kappa shape index (κ1) is 13.7. The molecule has 0 unspecified atom stereocenters. The molecule has 0 fully saturated rings. The van der Waals surface area contributed by atoms with Crippen molar-refractivity contribution in [3.8, 4) is 0 Å². The van der Waals surface area contributed by atoms with Crippen LogP contribution < -0.4 is 11.1 Å². The molecular formula is C11H15ClN6O. The van der Waals surface area contributed by atoms with Gasteiger partial charge in [-0.3, -0.25) is 10.1 Å². The number of amides is 1. The van der Waals surface area contributed by atoms with E-state index in [-0.39, 0.29) is 22.5 Å². The number of hydrogen-bond acceptors (Lipinski definition) is 5. The molecule has 0 aromatic carbocycles. The molecule has 0 bridgehead atoms. The molecule has 2 heterocycles. The van der Waals surface area contributed by atoms with E-state index in [1.54, 1.807) is 0 Å². The summed E-state index contributed by atoms with van der Waals surface area (Å²) >= 11 is 5.94. The highest BCUT2D eigenvalue weighted by atomic mass is 35.5. The monoisotopic (exact) mass is 282 g/mol. The minimum atomic E-state index is -0.387. The zero-order valence-corrected chi connectivity index (χ0v) is 11.5. The molecule has 0 atom stereocenters. The van der Waals surface area contributed by atoms with Crippen molar-refractivity contribution in [1.29, 1.82) is 0 Å². The Hall–Kier alpha value is -1.73. The van der Waals surface area contributed by atoms with E-state index in [1.165, 1.54) is 6.33 Å². The molecule has 2 aromatic rings. The van der Waals surface area contributed by atoms with Gasteiger partial charge >= 0.3 is 0 Å². The smallest absolute Gasteiger partial charge is 0.233 e. The highest BCUT2D eigenvalue weighted by Gasteiger charge is 2.15. The number of nitrogens with zero attached hydrogens (tertiary/aromatic N) is 3. The molecule has 1 amide bonds. The average molecular weight is 283 g/mol. The van der Waals surface area contributed by atoms with Gasteiger partial charge in [-0.05, 0) is 20.3 Å². The summed E-state index contributed by atoms with van der Waals surface area (Å²) < 4.78 is 0. The quantitative estimate of drug-likeness (QED) is 0.736. The summed E-state index contributed by atoms with van der Waals surface area (Å²) in [5.41, 5.74) is 6.38. The molecule has 19 heavy (non-hydrogen) atoms. The number of nitrogens with two attached hydrogens (primary N) is 1. The molecule has 2 aromatic heterocycles. The van der Waals surface area contributed by atoms with Crippen molar-refractivity contribution in [2.24, 2.45) is 5.73 Å². The maximum absolute atomic E-state index is 11.7. The molecule has 102 valence electrons. The Bertz CT molecular complexity index is 603. The second-order valence-electron chi connectivity index (χ2n) is 4.98. The number of H-pyrrole nitrogens is 1. The van der Waals surface area contributed by atoms with E-state index in [4.69, 9.17) is 17.3 Å². The molecule has 8 heteroatoms. The summed E-state index contributed by atoms with van der Waals surface area (Å²) in [7, 11) is 0. The number of carbonyl (C=O) groups excluding carboxylic acids is 1. The van der Waals surface area contributed by atoms with E-state index >= 15 is 0 Å². The molecule has 0 aliphatic heterocycles. The summed E-state index contributed by atoms with van der Waals surface area (Å²) in [6.45, 7) is 3.73. The Balaban J connectivity index is 2.06. The lowest BCUT2D eigenvalue weighted by Crippen LogP contribution is -2.33. The van der Waals surface area contributed by atoms with Gasteiger partial charge in [-0.25, -0.2) is 4.98 Å². The van der Waals surface area contributed by atoms with Crippen LogP contribution in [0.4, 0.5) is 5.95 Å². The van der Waals surface area contributed by atoms with Crippen LogP contribution in [-0.2, 0) is 4.79 Å². The van der Waals surface area contributed by atoms with Crippen molar-refractivity contribution in [3.05, 3.63) is 11.5 Å². The van der Waals surface area contributed by atoms with Crippen LogP contribution in [0.5, 0.6) is 0 Å². The van der Waals surface area contributed by atoms with Gasteiger partial charge in [-0.1, -0.05) is 11.6 Å². The number of aromatic amines is 1. The molecule has 0 saturated heterocycles. The Kier molecular flexibility index (Phi) is 3.68. The van der Waals surface area contributed by atoms with E-state index in [1.807, 2.05) is 13.8 Å². The molecule has 2 rings (SSSR count). The normalized spacial score (nSPS) is 11.8. The van der Waals surface area contributed by atoms with E-state index in [2.05, 4.69) is 25.3 Å². The van der Waals surface area contributed by atoms with E-state index in [9.17, 15) is 4.79 Å². The molecule has 4 N–H and O–H groups in total. The summed E-state index contributed by atoms with van der Waals surface area (Å²) in [5.74, 6) is -0.0612. The van der Waals surface area contributed by atoms with Gasteiger partial charge in [0.15, 0.2) is 10.8 Å². The Morgan fingerprint density at radius 2 is 2.26 bits per heavy atom. The third kappa shape index (κ3) is 3.62. The summed E-state index contributed by atoms with van der Waals surface area (Å²) in [5, 5.41) is 2.80. The predicted octanol–water partition coefficient (Wildman–Crippen LogP) is 1.46. The van der Waals surface area contributed by atoms with Gasteiger partial charge in [0.1, 0.15) is 5.52 Å². The van der Waals surface area contributed by atoms with Crippen LogP contribution in [0.25, 0.3) is 11.2 Å². The number of nitrogens with one attached hydrogen (secondary N) is 2. The van der Waals surface area contributed by atoms with Gasteiger partial charge in [0.05, 0.1) is 6.33 Å². The number of hydrogen-bond donors (Lipinski definition) is 3. The molecular weight excluding hydrogens is 268 g/mol. The predicted molar refractivity (Wildman–Crippen MR) is 72.8 cm³/mol. The summed E-state index contributed by atoms with van der Waals surface area (Å²) in [6.07, 6.45) is 2.33. The minimum absolute atomic E-state index is 0.143. The minimum Gasteiger partial charge on any atom is -0.341 e. The Morgan fingerprint density at radius 3 is 2.95 bits per heavy atom. The number of carbonyl (C=O) groups is 1. The number of imidazole rings is 1. The Morgan fingerprint density at radius 1 is 1.53 bits per heavy atom. The fraction of sp³-hybridized carbons (Fsp3) is 0.455.